The molecule has 1 unspecified atom stereocenters. The van der Waals surface area contributed by atoms with E-state index in [0.29, 0.717) is 49.1 Å². The zero-order chi connectivity index (χ0) is 18.6. The third-order valence-corrected chi connectivity index (χ3v) is 4.46. The number of nitrogens with zero attached hydrogens (tertiary/aromatic N) is 4. The molecule has 1 N–H and O–H groups in total. The van der Waals surface area contributed by atoms with Crippen LogP contribution in [0.4, 0.5) is 4.39 Å². The van der Waals surface area contributed by atoms with E-state index in [0.717, 1.165) is 6.42 Å². The molecule has 0 spiro atoms. The van der Waals surface area contributed by atoms with E-state index < -0.39 is 0 Å². The lowest BCUT2D eigenvalue weighted by molar-refractivity contribution is 0.0789. The van der Waals surface area contributed by atoms with Crippen molar-refractivity contribution < 1.29 is 18.4 Å². The van der Waals surface area contributed by atoms with Crippen LogP contribution in [0.15, 0.2) is 41.2 Å². The van der Waals surface area contributed by atoms with Gasteiger partial charge in [0, 0.05) is 25.7 Å². The van der Waals surface area contributed by atoms with Gasteiger partial charge in [-0.05, 0) is 30.7 Å². The number of benzene rings is 1. The van der Waals surface area contributed by atoms with Crippen molar-refractivity contribution in [2.24, 2.45) is 0 Å². The summed E-state index contributed by atoms with van der Waals surface area (Å²) in [5.41, 5.74) is 0.541. The van der Waals surface area contributed by atoms with Gasteiger partial charge in [0.2, 0.25) is 5.89 Å². The number of hydrogen-bond donors (Lipinski definition) is 1. The highest BCUT2D eigenvalue weighted by atomic mass is 19.1. The molecule has 1 atom stereocenters. The molecule has 9 heteroatoms. The van der Waals surface area contributed by atoms with E-state index >= 15 is 0 Å². The molecule has 3 heterocycles. The molecule has 27 heavy (non-hydrogen) atoms. The van der Waals surface area contributed by atoms with E-state index in [-0.39, 0.29) is 17.6 Å². The Hall–Kier alpha value is -3.23. The first-order valence-corrected chi connectivity index (χ1v) is 8.68. The van der Waals surface area contributed by atoms with Gasteiger partial charge in [-0.2, -0.15) is 10.1 Å². The largest absolute Gasteiger partial charge is 0.493 e. The number of carbonyl (C=O) groups is 1. The highest BCUT2D eigenvalue weighted by Crippen LogP contribution is 2.27. The maximum absolute atomic E-state index is 12.9. The van der Waals surface area contributed by atoms with Gasteiger partial charge in [-0.1, -0.05) is 5.16 Å². The summed E-state index contributed by atoms with van der Waals surface area (Å²) in [4.78, 5) is 18.5. The van der Waals surface area contributed by atoms with Crippen molar-refractivity contribution in [3.05, 3.63) is 59.8 Å². The number of hydrogen-bond acceptors (Lipinski definition) is 6. The van der Waals surface area contributed by atoms with Crippen molar-refractivity contribution in [1.82, 2.24) is 25.2 Å². The number of aromatic amines is 1. The third kappa shape index (κ3) is 3.97. The molecule has 1 aromatic carbocycles. The van der Waals surface area contributed by atoms with Crippen LogP contribution in [-0.4, -0.2) is 50.8 Å². The van der Waals surface area contributed by atoms with Gasteiger partial charge in [-0.25, -0.2) is 4.39 Å². The normalized spacial score (nSPS) is 16.6. The molecule has 1 aliphatic heterocycles. The summed E-state index contributed by atoms with van der Waals surface area (Å²) < 4.78 is 23.8. The van der Waals surface area contributed by atoms with Crippen molar-refractivity contribution in [2.75, 3.05) is 19.7 Å². The first kappa shape index (κ1) is 17.2. The Morgan fingerprint density at radius 2 is 2.22 bits per heavy atom. The van der Waals surface area contributed by atoms with E-state index in [4.69, 9.17) is 9.26 Å². The standard InChI is InChI=1S/C18H18FN5O3/c19-14-1-3-15(4-2-14)26-8-6-16-22-17(27-23-16)12-5-7-24(11-12)18(25)13-9-20-21-10-13/h1-4,9-10,12H,5-8,11H2,(H,20,21). The molecule has 140 valence electrons. The fourth-order valence-corrected chi connectivity index (χ4v) is 3.02. The monoisotopic (exact) mass is 371 g/mol. The number of halogens is 1. The molecular formula is C18H18FN5O3. The molecule has 3 aromatic rings. The van der Waals surface area contributed by atoms with Crippen LogP contribution in [0.3, 0.4) is 0 Å². The van der Waals surface area contributed by atoms with Gasteiger partial charge in [0.05, 0.1) is 24.3 Å². The Kier molecular flexibility index (Phi) is 4.82. The predicted molar refractivity (Wildman–Crippen MR) is 91.7 cm³/mol. The van der Waals surface area contributed by atoms with Gasteiger partial charge >= 0.3 is 0 Å². The number of amides is 1. The molecule has 2 aromatic heterocycles. The van der Waals surface area contributed by atoms with Crippen molar-refractivity contribution in [2.45, 2.75) is 18.8 Å². The minimum absolute atomic E-state index is 0.0279. The van der Waals surface area contributed by atoms with E-state index in [1.807, 2.05) is 0 Å². The van der Waals surface area contributed by atoms with E-state index in [9.17, 15) is 9.18 Å². The predicted octanol–water partition coefficient (Wildman–Crippen LogP) is 2.18. The van der Waals surface area contributed by atoms with Crippen LogP contribution in [0.1, 0.15) is 34.4 Å². The second-order valence-corrected chi connectivity index (χ2v) is 6.32. The minimum atomic E-state index is -0.304. The number of nitrogens with one attached hydrogen (secondary N) is 1. The maximum Gasteiger partial charge on any atom is 0.257 e. The number of H-pyrrole nitrogens is 1. The highest BCUT2D eigenvalue weighted by Gasteiger charge is 2.31. The van der Waals surface area contributed by atoms with Gasteiger partial charge in [-0.3, -0.25) is 9.89 Å². The van der Waals surface area contributed by atoms with Crippen LogP contribution in [0, 0.1) is 5.82 Å². The van der Waals surface area contributed by atoms with Gasteiger partial charge in [0.1, 0.15) is 11.6 Å². The van der Waals surface area contributed by atoms with Crippen LogP contribution in [0.5, 0.6) is 5.75 Å². The SMILES string of the molecule is O=C(c1cn[nH]c1)N1CCC(c2nc(CCOc3ccc(F)cc3)no2)C1. The van der Waals surface area contributed by atoms with Crippen molar-refractivity contribution >= 4 is 5.91 Å². The summed E-state index contributed by atoms with van der Waals surface area (Å²) >= 11 is 0. The number of ether oxygens (including phenoxy) is 1. The Morgan fingerprint density at radius 1 is 1.37 bits per heavy atom. The van der Waals surface area contributed by atoms with Gasteiger partial charge in [-0.15, -0.1) is 0 Å². The van der Waals surface area contributed by atoms with E-state index in [2.05, 4.69) is 20.3 Å². The van der Waals surface area contributed by atoms with E-state index in [1.54, 1.807) is 23.2 Å². The molecule has 4 rings (SSSR count). The lowest BCUT2D eigenvalue weighted by Crippen LogP contribution is -2.28. The third-order valence-electron chi connectivity index (χ3n) is 4.46. The van der Waals surface area contributed by atoms with Crippen molar-refractivity contribution in [3.8, 4) is 5.75 Å². The molecular weight excluding hydrogens is 353 g/mol. The van der Waals surface area contributed by atoms with Gasteiger partial charge in [0.15, 0.2) is 5.82 Å². The second-order valence-electron chi connectivity index (χ2n) is 6.32. The van der Waals surface area contributed by atoms with Gasteiger partial charge in [0.25, 0.3) is 5.91 Å². The quantitative estimate of drug-likeness (QED) is 0.713. The maximum atomic E-state index is 12.9. The van der Waals surface area contributed by atoms with Crippen LogP contribution in [-0.2, 0) is 6.42 Å². The number of aromatic nitrogens is 4. The smallest absolute Gasteiger partial charge is 0.257 e. The Balaban J connectivity index is 1.29. The summed E-state index contributed by atoms with van der Waals surface area (Å²) in [5, 5.41) is 10.4. The molecule has 0 radical (unpaired) electrons. The van der Waals surface area contributed by atoms with Crippen LogP contribution < -0.4 is 4.74 Å². The van der Waals surface area contributed by atoms with Crippen LogP contribution >= 0.6 is 0 Å². The molecule has 8 nitrogen and oxygen atoms in total. The number of rotatable bonds is 6. The van der Waals surface area contributed by atoms with Crippen LogP contribution in [0.2, 0.25) is 0 Å². The topological polar surface area (TPSA) is 97.1 Å². The first-order valence-electron chi connectivity index (χ1n) is 8.68. The second kappa shape index (κ2) is 7.56. The summed E-state index contributed by atoms with van der Waals surface area (Å²) in [6.45, 7) is 1.54. The Labute approximate surface area is 154 Å². The number of likely N-dealkylation sites (tertiary alicyclic amines) is 1. The summed E-state index contributed by atoms with van der Waals surface area (Å²) in [5.74, 6) is 1.34. The first-order chi connectivity index (χ1) is 13.2. The van der Waals surface area contributed by atoms with Crippen molar-refractivity contribution in [3.63, 3.8) is 0 Å². The molecule has 0 saturated carbocycles. The zero-order valence-corrected chi connectivity index (χ0v) is 14.5. The summed E-state index contributed by atoms with van der Waals surface area (Å²) in [7, 11) is 0. The molecule has 1 fully saturated rings. The zero-order valence-electron chi connectivity index (χ0n) is 14.5. The molecule has 1 amide bonds. The molecule has 1 saturated heterocycles. The fraction of sp³-hybridized carbons (Fsp3) is 0.333. The van der Waals surface area contributed by atoms with E-state index in [1.165, 1.54) is 18.3 Å². The summed E-state index contributed by atoms with van der Waals surface area (Å²) in [6, 6.07) is 5.83. The fourth-order valence-electron chi connectivity index (χ4n) is 3.02. The Bertz CT molecular complexity index is 894. The van der Waals surface area contributed by atoms with Gasteiger partial charge < -0.3 is 14.2 Å². The summed E-state index contributed by atoms with van der Waals surface area (Å²) in [6.07, 6.45) is 4.35. The lowest BCUT2D eigenvalue weighted by atomic mass is 10.1. The van der Waals surface area contributed by atoms with Crippen molar-refractivity contribution in [1.29, 1.82) is 0 Å². The molecule has 0 bridgehead atoms. The molecule has 1 aliphatic rings. The molecule has 0 aliphatic carbocycles. The number of carbonyl (C=O) groups excluding carboxylic acids is 1. The Morgan fingerprint density at radius 3 is 3.00 bits per heavy atom. The highest BCUT2D eigenvalue weighted by molar-refractivity contribution is 5.93. The minimum Gasteiger partial charge on any atom is -0.493 e. The lowest BCUT2D eigenvalue weighted by Gasteiger charge is -2.14. The van der Waals surface area contributed by atoms with Crippen LogP contribution in [0.25, 0.3) is 0 Å². The average molecular weight is 371 g/mol. The average Bonchev–Trinajstić information content (AvgIpc) is 3.44.